The Morgan fingerprint density at radius 3 is 3.04 bits per heavy atom. The molecule has 1 aliphatic rings. The molecule has 1 amide bonds. The predicted octanol–water partition coefficient (Wildman–Crippen LogP) is 2.31. The highest BCUT2D eigenvalue weighted by Gasteiger charge is 2.24. The maximum Gasteiger partial charge on any atom is 0.227 e. The van der Waals surface area contributed by atoms with Gasteiger partial charge >= 0.3 is 0 Å². The first-order valence-electron chi connectivity index (χ1n) is 8.54. The third kappa shape index (κ3) is 4.85. The van der Waals surface area contributed by atoms with Crippen LogP contribution in [0.2, 0.25) is 0 Å². The largest absolute Gasteiger partial charge is 0.376 e. The normalized spacial score (nSPS) is 17.7. The molecule has 0 bridgehead atoms. The third-order valence-electron chi connectivity index (χ3n) is 4.28. The Labute approximate surface area is 146 Å². The molecule has 0 radical (unpaired) electrons. The van der Waals surface area contributed by atoms with Crippen LogP contribution in [0.15, 0.2) is 28.8 Å². The van der Waals surface area contributed by atoms with E-state index in [2.05, 4.69) is 10.1 Å². The van der Waals surface area contributed by atoms with Crippen LogP contribution < -0.4 is 0 Å². The van der Waals surface area contributed by atoms with E-state index in [1.165, 1.54) is 6.07 Å². The van der Waals surface area contributed by atoms with E-state index in [-0.39, 0.29) is 24.2 Å². The average molecular weight is 347 g/mol. The number of amides is 1. The number of hydrogen-bond acceptors (Lipinski definition) is 5. The van der Waals surface area contributed by atoms with Crippen molar-refractivity contribution >= 4 is 5.91 Å². The second-order valence-electron chi connectivity index (χ2n) is 6.22. The molecule has 0 aliphatic carbocycles. The predicted molar refractivity (Wildman–Crippen MR) is 88.4 cm³/mol. The molecular weight excluding hydrogens is 325 g/mol. The molecule has 2 aromatic rings. The summed E-state index contributed by atoms with van der Waals surface area (Å²) < 4.78 is 24.5. The Bertz CT molecular complexity index is 719. The van der Waals surface area contributed by atoms with Gasteiger partial charge in [0.15, 0.2) is 5.82 Å². The minimum atomic E-state index is -0.337. The number of rotatable bonds is 6. The summed E-state index contributed by atoms with van der Waals surface area (Å²) in [5, 5.41) is 3.83. The van der Waals surface area contributed by atoms with Crippen molar-refractivity contribution in [1.82, 2.24) is 15.0 Å². The van der Waals surface area contributed by atoms with Gasteiger partial charge in [-0.1, -0.05) is 23.4 Å². The number of carbonyl (C=O) groups excluding carboxylic acids is 1. The molecule has 0 spiro atoms. The molecule has 3 rings (SSSR count). The summed E-state index contributed by atoms with van der Waals surface area (Å²) in [5.41, 5.74) is 0.433. The van der Waals surface area contributed by atoms with E-state index >= 15 is 0 Å². The maximum absolute atomic E-state index is 13.7. The Morgan fingerprint density at radius 2 is 2.28 bits per heavy atom. The van der Waals surface area contributed by atoms with E-state index in [1.807, 2.05) is 0 Å². The quantitative estimate of drug-likeness (QED) is 0.802. The molecule has 1 aromatic carbocycles. The maximum atomic E-state index is 13.7. The van der Waals surface area contributed by atoms with Gasteiger partial charge in [0.2, 0.25) is 11.8 Å². The lowest BCUT2D eigenvalue weighted by Gasteiger charge is -2.32. The highest BCUT2D eigenvalue weighted by molar-refractivity contribution is 5.79. The van der Waals surface area contributed by atoms with Crippen LogP contribution in [0.25, 0.3) is 0 Å². The zero-order valence-corrected chi connectivity index (χ0v) is 14.3. The number of ether oxygens (including phenoxy) is 1. The Balaban J connectivity index is 1.47. The highest BCUT2D eigenvalue weighted by atomic mass is 19.1. The molecule has 1 aliphatic heterocycles. The number of likely N-dealkylation sites (tertiary alicyclic amines) is 1. The number of benzene rings is 1. The smallest absolute Gasteiger partial charge is 0.227 e. The minimum Gasteiger partial charge on any atom is -0.376 e. The highest BCUT2D eigenvalue weighted by Crippen LogP contribution is 2.16. The van der Waals surface area contributed by atoms with Gasteiger partial charge in [0.1, 0.15) is 5.82 Å². The Hall–Kier alpha value is -2.28. The van der Waals surface area contributed by atoms with Crippen molar-refractivity contribution in [2.24, 2.45) is 0 Å². The van der Waals surface area contributed by atoms with Crippen LogP contribution in [0, 0.1) is 12.7 Å². The molecule has 2 heterocycles. The summed E-state index contributed by atoms with van der Waals surface area (Å²) in [5.74, 6) is 0.765. The molecule has 0 N–H and O–H groups in total. The van der Waals surface area contributed by atoms with Gasteiger partial charge < -0.3 is 14.2 Å². The van der Waals surface area contributed by atoms with E-state index in [0.29, 0.717) is 43.4 Å². The molecule has 1 atom stereocenters. The zero-order chi connectivity index (χ0) is 17.6. The Morgan fingerprint density at radius 1 is 1.44 bits per heavy atom. The van der Waals surface area contributed by atoms with Gasteiger partial charge in [-0.15, -0.1) is 0 Å². The molecule has 134 valence electrons. The zero-order valence-electron chi connectivity index (χ0n) is 14.3. The number of carbonyl (C=O) groups is 1. The molecule has 7 heteroatoms. The summed E-state index contributed by atoms with van der Waals surface area (Å²) in [6.45, 7) is 3.46. The fraction of sp³-hybridized carbons (Fsp3) is 0.500. The molecule has 1 saturated heterocycles. The SMILES string of the molecule is Cc1nc(CCOC2CCCN(C(=O)Cc3ccccc3F)C2)no1. The number of piperidine rings is 1. The van der Waals surface area contributed by atoms with E-state index in [0.717, 1.165) is 12.8 Å². The van der Waals surface area contributed by atoms with Crippen molar-refractivity contribution in [1.29, 1.82) is 0 Å². The molecule has 6 nitrogen and oxygen atoms in total. The summed E-state index contributed by atoms with van der Waals surface area (Å²) in [7, 11) is 0. The second-order valence-corrected chi connectivity index (χ2v) is 6.22. The monoisotopic (exact) mass is 347 g/mol. The molecular formula is C18H22FN3O3. The van der Waals surface area contributed by atoms with Crippen LogP contribution in [0.4, 0.5) is 4.39 Å². The van der Waals surface area contributed by atoms with E-state index in [9.17, 15) is 9.18 Å². The lowest BCUT2D eigenvalue weighted by atomic mass is 10.1. The van der Waals surface area contributed by atoms with E-state index in [1.54, 1.807) is 30.0 Å². The lowest BCUT2D eigenvalue weighted by molar-refractivity contribution is -0.134. The number of aryl methyl sites for hydroxylation is 1. The number of aromatic nitrogens is 2. The fourth-order valence-electron chi connectivity index (χ4n) is 2.98. The van der Waals surface area contributed by atoms with Crippen LogP contribution in [-0.4, -0.2) is 46.7 Å². The number of halogens is 1. The minimum absolute atomic E-state index is 0.00804. The summed E-state index contributed by atoms with van der Waals surface area (Å²) in [4.78, 5) is 18.3. The van der Waals surface area contributed by atoms with Gasteiger partial charge in [0.25, 0.3) is 0 Å². The molecule has 25 heavy (non-hydrogen) atoms. The van der Waals surface area contributed by atoms with Crippen LogP contribution in [0.1, 0.15) is 30.1 Å². The van der Waals surface area contributed by atoms with Crippen molar-refractivity contribution in [2.75, 3.05) is 19.7 Å². The standard InChI is InChI=1S/C18H22FN3O3/c1-13-20-17(21-25-13)8-10-24-15-6-4-9-22(12-15)18(23)11-14-5-2-3-7-16(14)19/h2-3,5,7,15H,4,6,8-12H2,1H3. The van der Waals surface area contributed by atoms with Crippen molar-refractivity contribution in [2.45, 2.75) is 38.7 Å². The summed E-state index contributed by atoms with van der Waals surface area (Å²) in [6.07, 6.45) is 2.45. The summed E-state index contributed by atoms with van der Waals surface area (Å²) >= 11 is 0. The van der Waals surface area contributed by atoms with Crippen LogP contribution in [0.3, 0.4) is 0 Å². The van der Waals surface area contributed by atoms with Gasteiger partial charge in [-0.25, -0.2) is 4.39 Å². The van der Waals surface area contributed by atoms with Crippen LogP contribution in [0.5, 0.6) is 0 Å². The topological polar surface area (TPSA) is 68.5 Å². The Kier molecular flexibility index (Phi) is 5.75. The van der Waals surface area contributed by atoms with Gasteiger partial charge in [-0.2, -0.15) is 4.98 Å². The van der Waals surface area contributed by atoms with Crippen molar-refractivity contribution in [3.05, 3.63) is 47.4 Å². The fourth-order valence-corrected chi connectivity index (χ4v) is 2.98. The van der Waals surface area contributed by atoms with Gasteiger partial charge in [0, 0.05) is 26.4 Å². The van der Waals surface area contributed by atoms with Crippen LogP contribution in [-0.2, 0) is 22.4 Å². The number of nitrogens with zero attached hydrogens (tertiary/aromatic N) is 3. The van der Waals surface area contributed by atoms with Crippen molar-refractivity contribution in [3.63, 3.8) is 0 Å². The average Bonchev–Trinajstić information content (AvgIpc) is 3.02. The first kappa shape index (κ1) is 17.5. The van der Waals surface area contributed by atoms with Gasteiger partial charge in [0.05, 0.1) is 19.1 Å². The number of hydrogen-bond donors (Lipinski definition) is 0. The summed E-state index contributed by atoms with van der Waals surface area (Å²) in [6, 6.07) is 6.40. The third-order valence-corrected chi connectivity index (χ3v) is 4.28. The van der Waals surface area contributed by atoms with Gasteiger partial charge in [-0.05, 0) is 24.5 Å². The molecule has 1 fully saturated rings. The van der Waals surface area contributed by atoms with Gasteiger partial charge in [-0.3, -0.25) is 4.79 Å². The second kappa shape index (κ2) is 8.20. The van der Waals surface area contributed by atoms with E-state index < -0.39 is 0 Å². The molecule has 1 unspecified atom stereocenters. The lowest BCUT2D eigenvalue weighted by Crippen LogP contribution is -2.44. The van der Waals surface area contributed by atoms with E-state index in [4.69, 9.17) is 9.26 Å². The first-order valence-corrected chi connectivity index (χ1v) is 8.54. The molecule has 1 aromatic heterocycles. The van der Waals surface area contributed by atoms with Crippen LogP contribution >= 0.6 is 0 Å². The molecule has 0 saturated carbocycles. The van der Waals surface area contributed by atoms with Crippen molar-refractivity contribution in [3.8, 4) is 0 Å². The van der Waals surface area contributed by atoms with Crippen molar-refractivity contribution < 1.29 is 18.4 Å². The first-order chi connectivity index (χ1) is 12.1.